The van der Waals surface area contributed by atoms with Crippen LogP contribution in [0.3, 0.4) is 0 Å². The fourth-order valence-corrected chi connectivity index (χ4v) is 1.99. The Labute approximate surface area is 103 Å². The van der Waals surface area contributed by atoms with Crippen molar-refractivity contribution in [1.82, 2.24) is 10.2 Å². The summed E-state index contributed by atoms with van der Waals surface area (Å²) in [4.78, 5) is 25.3. The van der Waals surface area contributed by atoms with Crippen LogP contribution in [0.2, 0.25) is 0 Å². The second-order valence-corrected chi connectivity index (χ2v) is 5.45. The molecule has 0 aliphatic carbocycles. The summed E-state index contributed by atoms with van der Waals surface area (Å²) < 4.78 is 0. The van der Waals surface area contributed by atoms with E-state index in [4.69, 9.17) is 0 Å². The lowest BCUT2D eigenvalue weighted by Crippen LogP contribution is -2.51. The molecule has 2 amide bonds. The van der Waals surface area contributed by atoms with Crippen molar-refractivity contribution in [2.75, 3.05) is 13.1 Å². The van der Waals surface area contributed by atoms with E-state index in [1.165, 1.54) is 0 Å². The summed E-state index contributed by atoms with van der Waals surface area (Å²) >= 11 is 0. The molecular formula is C13H22N2O2. The Bertz CT molecular complexity index is 308. The lowest BCUT2D eigenvalue weighted by atomic mass is 9.95. The van der Waals surface area contributed by atoms with Crippen molar-refractivity contribution in [1.29, 1.82) is 0 Å². The minimum absolute atomic E-state index is 0.0417. The van der Waals surface area contributed by atoms with Crippen LogP contribution in [-0.4, -0.2) is 35.3 Å². The van der Waals surface area contributed by atoms with Gasteiger partial charge in [0.05, 0.1) is 5.92 Å². The third-order valence-corrected chi connectivity index (χ3v) is 3.00. The molecule has 17 heavy (non-hydrogen) atoms. The van der Waals surface area contributed by atoms with Crippen LogP contribution in [0.1, 0.15) is 33.6 Å². The zero-order valence-electron chi connectivity index (χ0n) is 11.0. The summed E-state index contributed by atoms with van der Waals surface area (Å²) in [7, 11) is 0. The van der Waals surface area contributed by atoms with Gasteiger partial charge >= 0.3 is 0 Å². The van der Waals surface area contributed by atoms with Crippen molar-refractivity contribution in [3.63, 3.8) is 0 Å². The largest absolute Gasteiger partial charge is 0.355 e. The molecule has 0 aromatic rings. The number of nitrogens with zero attached hydrogens (tertiary/aromatic N) is 1. The highest BCUT2D eigenvalue weighted by molar-refractivity contribution is 5.84. The third-order valence-electron chi connectivity index (χ3n) is 3.00. The zero-order chi connectivity index (χ0) is 13.1. The summed E-state index contributed by atoms with van der Waals surface area (Å²) in [5.41, 5.74) is -0.216. The van der Waals surface area contributed by atoms with Gasteiger partial charge in [-0.05, 0) is 27.2 Å². The maximum atomic E-state index is 12.4. The van der Waals surface area contributed by atoms with Crippen LogP contribution in [0.5, 0.6) is 0 Å². The molecule has 0 bridgehead atoms. The molecule has 1 atom stereocenters. The SMILES string of the molecule is C=CCN(C(=O)C1CCC(=O)NC1)C(C)(C)C. The van der Waals surface area contributed by atoms with E-state index in [2.05, 4.69) is 11.9 Å². The smallest absolute Gasteiger partial charge is 0.228 e. The minimum Gasteiger partial charge on any atom is -0.355 e. The topological polar surface area (TPSA) is 49.4 Å². The molecule has 4 heteroatoms. The van der Waals surface area contributed by atoms with Gasteiger partial charge in [0.2, 0.25) is 11.8 Å². The van der Waals surface area contributed by atoms with E-state index >= 15 is 0 Å². The van der Waals surface area contributed by atoms with Gasteiger partial charge in [0.1, 0.15) is 0 Å². The van der Waals surface area contributed by atoms with E-state index in [0.29, 0.717) is 25.9 Å². The summed E-state index contributed by atoms with van der Waals surface area (Å²) in [6.07, 6.45) is 2.83. The quantitative estimate of drug-likeness (QED) is 0.754. The molecule has 0 radical (unpaired) electrons. The van der Waals surface area contributed by atoms with E-state index in [1.54, 1.807) is 6.08 Å². The van der Waals surface area contributed by atoms with E-state index < -0.39 is 0 Å². The molecule has 0 aromatic carbocycles. The number of carbonyl (C=O) groups is 2. The lowest BCUT2D eigenvalue weighted by Gasteiger charge is -2.38. The van der Waals surface area contributed by atoms with Gasteiger partial charge in [-0.2, -0.15) is 0 Å². The van der Waals surface area contributed by atoms with Crippen molar-refractivity contribution < 1.29 is 9.59 Å². The molecule has 1 heterocycles. The van der Waals surface area contributed by atoms with Crippen LogP contribution in [-0.2, 0) is 9.59 Å². The van der Waals surface area contributed by atoms with Gasteiger partial charge in [-0.1, -0.05) is 6.08 Å². The predicted molar refractivity (Wildman–Crippen MR) is 67.4 cm³/mol. The Morgan fingerprint density at radius 3 is 2.65 bits per heavy atom. The highest BCUT2D eigenvalue weighted by Crippen LogP contribution is 2.20. The molecule has 0 aromatic heterocycles. The van der Waals surface area contributed by atoms with E-state index in [1.807, 2.05) is 25.7 Å². The summed E-state index contributed by atoms with van der Waals surface area (Å²) in [6, 6.07) is 0. The Morgan fingerprint density at radius 2 is 2.24 bits per heavy atom. The third kappa shape index (κ3) is 3.58. The van der Waals surface area contributed by atoms with E-state index in [0.717, 1.165) is 0 Å². The Balaban J connectivity index is 2.71. The molecule has 96 valence electrons. The highest BCUT2D eigenvalue weighted by atomic mass is 16.2. The number of piperidine rings is 1. The number of hydrogen-bond acceptors (Lipinski definition) is 2. The molecule has 1 fully saturated rings. The molecule has 1 aliphatic rings. The average Bonchev–Trinajstić information content (AvgIpc) is 2.24. The monoisotopic (exact) mass is 238 g/mol. The van der Waals surface area contributed by atoms with Crippen molar-refractivity contribution in [3.8, 4) is 0 Å². The molecule has 1 aliphatic heterocycles. The van der Waals surface area contributed by atoms with E-state index in [9.17, 15) is 9.59 Å². The van der Waals surface area contributed by atoms with Crippen molar-refractivity contribution in [3.05, 3.63) is 12.7 Å². The van der Waals surface area contributed by atoms with Crippen LogP contribution >= 0.6 is 0 Å². The summed E-state index contributed by atoms with van der Waals surface area (Å²) in [6.45, 7) is 10.7. The number of nitrogens with one attached hydrogen (secondary N) is 1. The number of amides is 2. The number of carbonyl (C=O) groups excluding carboxylic acids is 2. The molecule has 0 saturated carbocycles. The minimum atomic E-state index is -0.216. The first-order valence-corrected chi connectivity index (χ1v) is 6.05. The molecule has 1 N–H and O–H groups in total. The first-order chi connectivity index (χ1) is 7.86. The van der Waals surface area contributed by atoms with Gasteiger partial charge < -0.3 is 10.2 Å². The maximum absolute atomic E-state index is 12.4. The maximum Gasteiger partial charge on any atom is 0.228 e. The van der Waals surface area contributed by atoms with E-state index in [-0.39, 0.29) is 23.3 Å². The molecule has 0 spiro atoms. The number of hydrogen-bond donors (Lipinski definition) is 1. The zero-order valence-corrected chi connectivity index (χ0v) is 11.0. The van der Waals surface area contributed by atoms with Gasteiger partial charge in [0.25, 0.3) is 0 Å². The molecule has 1 rings (SSSR count). The number of rotatable bonds is 3. The fourth-order valence-electron chi connectivity index (χ4n) is 1.99. The summed E-state index contributed by atoms with van der Waals surface area (Å²) in [5, 5.41) is 2.75. The molecular weight excluding hydrogens is 216 g/mol. The van der Waals surface area contributed by atoms with Crippen molar-refractivity contribution >= 4 is 11.8 Å². The average molecular weight is 238 g/mol. The second-order valence-electron chi connectivity index (χ2n) is 5.45. The second kappa shape index (κ2) is 5.34. The molecule has 1 saturated heterocycles. The standard InChI is InChI=1S/C13H22N2O2/c1-5-8-15(13(2,3)4)12(17)10-6-7-11(16)14-9-10/h5,10H,1,6-9H2,2-4H3,(H,14,16). The molecule has 1 unspecified atom stereocenters. The van der Waals surface area contributed by atoms with Crippen molar-refractivity contribution in [2.45, 2.75) is 39.2 Å². The van der Waals surface area contributed by atoms with Crippen LogP contribution < -0.4 is 5.32 Å². The van der Waals surface area contributed by atoms with Gasteiger partial charge in [-0.15, -0.1) is 6.58 Å². The fraction of sp³-hybridized carbons (Fsp3) is 0.692. The van der Waals surface area contributed by atoms with Gasteiger partial charge in [-0.25, -0.2) is 0 Å². The highest BCUT2D eigenvalue weighted by Gasteiger charge is 2.32. The Hall–Kier alpha value is -1.32. The van der Waals surface area contributed by atoms with Crippen LogP contribution in [0, 0.1) is 5.92 Å². The van der Waals surface area contributed by atoms with Gasteiger partial charge in [0, 0.05) is 25.0 Å². The van der Waals surface area contributed by atoms with Crippen LogP contribution in [0.4, 0.5) is 0 Å². The predicted octanol–water partition coefficient (Wildman–Crippen LogP) is 1.33. The van der Waals surface area contributed by atoms with Crippen LogP contribution in [0.15, 0.2) is 12.7 Å². The van der Waals surface area contributed by atoms with Crippen molar-refractivity contribution in [2.24, 2.45) is 5.92 Å². The first-order valence-electron chi connectivity index (χ1n) is 6.05. The van der Waals surface area contributed by atoms with Crippen LogP contribution in [0.25, 0.3) is 0 Å². The van der Waals surface area contributed by atoms with Gasteiger partial charge in [0.15, 0.2) is 0 Å². The molecule has 4 nitrogen and oxygen atoms in total. The Morgan fingerprint density at radius 1 is 1.59 bits per heavy atom. The summed E-state index contributed by atoms with van der Waals surface area (Å²) in [5.74, 6) is 0.0596. The normalized spacial score (nSPS) is 20.6. The van der Waals surface area contributed by atoms with Gasteiger partial charge in [-0.3, -0.25) is 9.59 Å². The Kier molecular flexibility index (Phi) is 4.32. The lowest BCUT2D eigenvalue weighted by molar-refractivity contribution is -0.141. The first kappa shape index (κ1) is 13.7.